The maximum atomic E-state index is 14.7. The smallest absolute Gasteiger partial charge is 0.363 e. The van der Waals surface area contributed by atoms with Crippen molar-refractivity contribution >= 4 is 55.7 Å². The summed E-state index contributed by atoms with van der Waals surface area (Å²) in [5.41, 5.74) is 2.16. The van der Waals surface area contributed by atoms with Gasteiger partial charge < -0.3 is 38.0 Å². The Hall–Kier alpha value is -5.24. The van der Waals surface area contributed by atoms with Crippen LogP contribution in [0.5, 0.6) is 17.2 Å². The number of nitrogens with zero attached hydrogens (tertiary/aromatic N) is 2. The molecule has 1 aliphatic rings. The number of fused-ring (bicyclic) bond motifs is 2. The zero-order chi connectivity index (χ0) is 42.5. The van der Waals surface area contributed by atoms with Gasteiger partial charge in [-0.15, -0.1) is 5.06 Å². The molecule has 59 heavy (non-hydrogen) atoms. The van der Waals surface area contributed by atoms with Crippen LogP contribution >= 0.6 is 0 Å². The predicted octanol–water partition coefficient (Wildman–Crippen LogP) is 3.95. The van der Waals surface area contributed by atoms with Crippen molar-refractivity contribution in [2.75, 3.05) is 72.8 Å². The molecule has 0 atom stereocenters. The summed E-state index contributed by atoms with van der Waals surface area (Å²) in [6, 6.07) is 13.2. The molecule has 0 aliphatic carbocycles. The van der Waals surface area contributed by atoms with Crippen LogP contribution in [0.25, 0.3) is 21.8 Å². The highest BCUT2D eigenvalue weighted by Crippen LogP contribution is 2.34. The first kappa shape index (κ1) is 44.9. The molecule has 18 heteroatoms. The summed E-state index contributed by atoms with van der Waals surface area (Å²) in [7, 11) is -1.12. The number of hydroxylamine groups is 2. The minimum absolute atomic E-state index is 0.0502. The third-order valence-corrected chi connectivity index (χ3v) is 10.0. The van der Waals surface area contributed by atoms with Gasteiger partial charge in [-0.1, -0.05) is 6.92 Å². The molecule has 17 nitrogen and oxygen atoms in total. The molecule has 4 aromatic rings. The lowest BCUT2D eigenvalue weighted by Crippen LogP contribution is -2.37. The van der Waals surface area contributed by atoms with Crippen LogP contribution in [0.2, 0.25) is 0 Å². The van der Waals surface area contributed by atoms with Crippen LogP contribution in [0.3, 0.4) is 0 Å². The van der Waals surface area contributed by atoms with Crippen LogP contribution in [0, 0.1) is 6.92 Å². The third-order valence-electron chi connectivity index (χ3n) is 9.24. The third kappa shape index (κ3) is 11.9. The molecular weight excluding hydrogens is 793 g/mol. The minimum atomic E-state index is -4.27. The monoisotopic (exact) mass is 841 g/mol. The minimum Gasteiger partial charge on any atom is -0.491 e. The van der Waals surface area contributed by atoms with Crippen molar-refractivity contribution in [1.82, 2.24) is 5.06 Å². The summed E-state index contributed by atoms with van der Waals surface area (Å²) in [5, 5.41) is 1.28. The van der Waals surface area contributed by atoms with Gasteiger partial charge in [-0.3, -0.25) is 14.1 Å². The average Bonchev–Trinajstić information content (AvgIpc) is 3.52. The van der Waals surface area contributed by atoms with Crippen LogP contribution in [0.1, 0.15) is 58.0 Å². The Morgan fingerprint density at radius 3 is 1.81 bits per heavy atom. The summed E-state index contributed by atoms with van der Waals surface area (Å²) in [5.74, 6) is -2.39. The number of aromatic nitrogens is 1. The number of carbonyl (C=O) groups excluding carboxylic acids is 4. The molecular formula is C41H49N2O15S+. The van der Waals surface area contributed by atoms with E-state index in [2.05, 4.69) is 0 Å². The van der Waals surface area contributed by atoms with E-state index in [1.54, 1.807) is 57.5 Å². The van der Waals surface area contributed by atoms with Gasteiger partial charge in [0.25, 0.3) is 21.9 Å². The fraction of sp³-hybridized carbons (Fsp3) is 0.439. The van der Waals surface area contributed by atoms with Gasteiger partial charge >= 0.3 is 11.9 Å². The van der Waals surface area contributed by atoms with Gasteiger partial charge in [0.05, 0.1) is 67.3 Å². The molecule has 1 saturated heterocycles. The van der Waals surface area contributed by atoms with Crippen molar-refractivity contribution in [3.05, 3.63) is 70.8 Å². The highest BCUT2D eigenvalue weighted by atomic mass is 32.2. The second-order valence-corrected chi connectivity index (χ2v) is 15.0. The molecule has 1 fully saturated rings. The van der Waals surface area contributed by atoms with E-state index in [4.69, 9.17) is 38.0 Å². The van der Waals surface area contributed by atoms with Crippen molar-refractivity contribution in [3.8, 4) is 17.2 Å². The number of amides is 2. The number of hydrogen-bond acceptors (Lipinski definition) is 14. The molecule has 0 radical (unpaired) electrons. The number of ether oxygens (including phenoxy) is 7. The van der Waals surface area contributed by atoms with Gasteiger partial charge in [-0.05, 0) is 60.9 Å². The van der Waals surface area contributed by atoms with Crippen molar-refractivity contribution in [3.63, 3.8) is 0 Å². The van der Waals surface area contributed by atoms with Gasteiger partial charge in [0.15, 0.2) is 6.54 Å². The Morgan fingerprint density at radius 2 is 1.31 bits per heavy atom. The van der Waals surface area contributed by atoms with Crippen LogP contribution in [0.15, 0.2) is 48.5 Å². The first-order chi connectivity index (χ1) is 28.3. The molecule has 3 aromatic carbocycles. The number of methoxy groups -OCH3 is 2. The molecule has 0 bridgehead atoms. The maximum Gasteiger partial charge on any atom is 0.363 e. The highest BCUT2D eigenvalue weighted by Gasteiger charge is 2.34. The molecule has 5 rings (SSSR count). The lowest BCUT2D eigenvalue weighted by atomic mass is 10.00. The number of imide groups is 1. The molecule has 0 saturated carbocycles. The molecule has 0 unspecified atom stereocenters. The molecule has 0 spiro atoms. The normalized spacial score (nSPS) is 13.1. The second kappa shape index (κ2) is 21.1. The Morgan fingerprint density at radius 1 is 0.763 bits per heavy atom. The molecule has 318 valence electrons. The lowest BCUT2D eigenvalue weighted by molar-refractivity contribution is -0.645. The number of aryl methyl sites for hydroxylation is 3. The number of esters is 1. The summed E-state index contributed by atoms with van der Waals surface area (Å²) < 4.78 is 74.2. The standard InChI is InChI=1S/C41H48N2O15S/c1-5-28-24-29(40(46)58-43-36(44)11-12-37(43)45)23-27(2)39(28)57-41(47)38-32-25-30(55-20-18-53-16-14-51-3)7-9-34(32)42(13-6-22-59(48,49)50)35-10-8-31(26-33(35)38)56-21-19-54-17-15-52-4/h7-10,23-26H,5-6,11-22H2,1-4H3/p+1. The van der Waals surface area contributed by atoms with Crippen LogP contribution in [0.4, 0.5) is 0 Å². The molecule has 2 amide bonds. The molecule has 1 N–H and O–H groups in total. The van der Waals surface area contributed by atoms with E-state index >= 15 is 0 Å². The van der Waals surface area contributed by atoms with E-state index < -0.39 is 39.6 Å². The Labute approximate surface area is 341 Å². The summed E-state index contributed by atoms with van der Waals surface area (Å²) in [4.78, 5) is 57.1. The summed E-state index contributed by atoms with van der Waals surface area (Å²) in [6.45, 7) is 6.13. The van der Waals surface area contributed by atoms with E-state index in [-0.39, 0.29) is 69.1 Å². The first-order valence-corrected chi connectivity index (χ1v) is 20.7. The SMILES string of the molecule is CCc1cc(C(=O)ON2C(=O)CCC2=O)cc(C)c1OC(=O)c1c2cc(OCCOCCOC)ccc2[n+](CCCS(=O)(=O)O)c2ccc(OCCOCCOC)cc12. The van der Waals surface area contributed by atoms with Crippen LogP contribution < -0.4 is 18.8 Å². The van der Waals surface area contributed by atoms with Crippen LogP contribution in [-0.4, -0.2) is 115 Å². The average molecular weight is 842 g/mol. The van der Waals surface area contributed by atoms with Crippen molar-refractivity contribution < 1.29 is 74.7 Å². The Balaban J connectivity index is 1.58. The maximum absolute atomic E-state index is 14.7. The molecule has 2 heterocycles. The largest absolute Gasteiger partial charge is 0.491 e. The number of carbonyl (C=O) groups is 4. The van der Waals surface area contributed by atoms with Gasteiger partial charge in [0, 0.05) is 45.6 Å². The molecule has 1 aromatic heterocycles. The zero-order valence-electron chi connectivity index (χ0n) is 33.5. The van der Waals surface area contributed by atoms with Gasteiger partial charge in [0.2, 0.25) is 11.0 Å². The quantitative estimate of drug-likeness (QED) is 0.0214. The van der Waals surface area contributed by atoms with E-state index in [0.717, 1.165) is 0 Å². The van der Waals surface area contributed by atoms with E-state index in [1.807, 2.05) is 11.5 Å². The number of pyridine rings is 1. The Kier molecular flexibility index (Phi) is 16.1. The fourth-order valence-corrected chi connectivity index (χ4v) is 6.95. The Bertz CT molecular complexity index is 2190. The van der Waals surface area contributed by atoms with E-state index in [0.29, 0.717) is 82.3 Å². The number of hydrogen-bond donors (Lipinski definition) is 1. The molecule has 1 aliphatic heterocycles. The van der Waals surface area contributed by atoms with Gasteiger partial charge in [-0.2, -0.15) is 13.0 Å². The zero-order valence-corrected chi connectivity index (χ0v) is 34.3. The van der Waals surface area contributed by atoms with Gasteiger partial charge in [-0.25, -0.2) is 9.59 Å². The van der Waals surface area contributed by atoms with Crippen molar-refractivity contribution in [2.24, 2.45) is 0 Å². The van der Waals surface area contributed by atoms with Gasteiger partial charge in [0.1, 0.15) is 30.5 Å². The lowest BCUT2D eigenvalue weighted by Gasteiger charge is -2.17. The van der Waals surface area contributed by atoms with Crippen molar-refractivity contribution in [2.45, 2.75) is 46.1 Å². The summed E-state index contributed by atoms with van der Waals surface area (Å²) in [6.07, 6.45) is 0.271. The number of benzene rings is 3. The number of rotatable bonds is 23. The van der Waals surface area contributed by atoms with Crippen LogP contribution in [-0.2, 0) is 56.5 Å². The predicted molar refractivity (Wildman–Crippen MR) is 211 cm³/mol. The van der Waals surface area contributed by atoms with Crippen molar-refractivity contribution in [1.29, 1.82) is 0 Å². The van der Waals surface area contributed by atoms with E-state index in [1.165, 1.54) is 12.1 Å². The first-order valence-electron chi connectivity index (χ1n) is 19.1. The topological polar surface area (TPSA) is 204 Å². The summed E-state index contributed by atoms with van der Waals surface area (Å²) >= 11 is 0. The highest BCUT2D eigenvalue weighted by molar-refractivity contribution is 7.85. The fourth-order valence-electron chi connectivity index (χ4n) is 6.46. The van der Waals surface area contributed by atoms with E-state index in [9.17, 15) is 32.1 Å². The second-order valence-electron chi connectivity index (χ2n) is 13.4.